The van der Waals surface area contributed by atoms with Gasteiger partial charge in [-0.2, -0.15) is 0 Å². The van der Waals surface area contributed by atoms with Crippen LogP contribution in [0.25, 0.3) is 16.5 Å². The lowest BCUT2D eigenvalue weighted by molar-refractivity contribution is 0.161. The van der Waals surface area contributed by atoms with Gasteiger partial charge in [-0.1, -0.05) is 12.1 Å². The van der Waals surface area contributed by atoms with Gasteiger partial charge < -0.3 is 9.47 Å². The lowest BCUT2D eigenvalue weighted by Crippen LogP contribution is -2.03. The van der Waals surface area contributed by atoms with E-state index in [-0.39, 0.29) is 0 Å². The summed E-state index contributed by atoms with van der Waals surface area (Å²) in [5.41, 5.74) is 4.53. The van der Waals surface area contributed by atoms with Crippen molar-refractivity contribution in [3.05, 3.63) is 41.6 Å². The van der Waals surface area contributed by atoms with Crippen LogP contribution in [-0.2, 0) is 4.74 Å². The first kappa shape index (κ1) is 12.2. The fourth-order valence-corrected chi connectivity index (χ4v) is 2.48. The van der Waals surface area contributed by atoms with Gasteiger partial charge in [0.05, 0.1) is 25.8 Å². The summed E-state index contributed by atoms with van der Waals surface area (Å²) in [6.07, 6.45) is 3.12. The summed E-state index contributed by atoms with van der Waals surface area (Å²) < 4.78 is 10.8. The molecule has 0 atom stereocenters. The van der Waals surface area contributed by atoms with Crippen molar-refractivity contribution in [2.75, 3.05) is 20.3 Å². The van der Waals surface area contributed by atoms with Gasteiger partial charge in [-0.3, -0.25) is 4.98 Å². The third-order valence-corrected chi connectivity index (χ3v) is 3.45. The van der Waals surface area contributed by atoms with Gasteiger partial charge in [0.2, 0.25) is 0 Å². The number of methoxy groups -OCH3 is 1. The molecule has 0 fully saturated rings. The Morgan fingerprint density at radius 1 is 1.26 bits per heavy atom. The van der Waals surface area contributed by atoms with Crippen LogP contribution in [0.4, 0.5) is 0 Å². The second-order valence-corrected chi connectivity index (χ2v) is 4.75. The molecular weight excluding hydrogens is 238 g/mol. The molecule has 0 amide bonds. The molecule has 98 valence electrons. The Morgan fingerprint density at radius 2 is 2.16 bits per heavy atom. The molecule has 3 nitrogen and oxygen atoms in total. The predicted octanol–water partition coefficient (Wildman–Crippen LogP) is 3.36. The molecule has 1 aromatic carbocycles. The zero-order valence-electron chi connectivity index (χ0n) is 11.3. The maximum Gasteiger partial charge on any atom is 0.130 e. The van der Waals surface area contributed by atoms with Crippen molar-refractivity contribution in [1.29, 1.82) is 0 Å². The number of ether oxygens (including phenoxy) is 2. The average molecular weight is 255 g/mol. The van der Waals surface area contributed by atoms with Crippen LogP contribution in [0.2, 0.25) is 0 Å². The number of hydrogen-bond acceptors (Lipinski definition) is 3. The highest BCUT2D eigenvalue weighted by Gasteiger charge is 2.10. The molecular formula is C16H17NO2. The van der Waals surface area contributed by atoms with Crippen LogP contribution in [0.5, 0.6) is 5.75 Å². The molecule has 2 aromatic rings. The van der Waals surface area contributed by atoms with Crippen LogP contribution >= 0.6 is 0 Å². The number of rotatable bonds is 2. The molecule has 1 aromatic heterocycles. The van der Waals surface area contributed by atoms with Gasteiger partial charge in [0.15, 0.2) is 0 Å². The van der Waals surface area contributed by atoms with E-state index >= 15 is 0 Å². The molecule has 0 aliphatic carbocycles. The van der Waals surface area contributed by atoms with Crippen LogP contribution in [0.1, 0.15) is 17.7 Å². The highest BCUT2D eigenvalue weighted by atomic mass is 16.5. The summed E-state index contributed by atoms with van der Waals surface area (Å²) in [6.45, 7) is 3.49. The minimum Gasteiger partial charge on any atom is -0.496 e. The van der Waals surface area contributed by atoms with E-state index in [9.17, 15) is 0 Å². The zero-order chi connectivity index (χ0) is 13.2. The quantitative estimate of drug-likeness (QED) is 0.824. The Morgan fingerprint density at radius 3 is 2.89 bits per heavy atom. The zero-order valence-corrected chi connectivity index (χ0v) is 11.3. The lowest BCUT2D eigenvalue weighted by Gasteiger charge is -2.15. The van der Waals surface area contributed by atoms with Crippen molar-refractivity contribution in [3.8, 4) is 5.75 Å². The number of pyridine rings is 1. The minimum atomic E-state index is 0.705. The van der Waals surface area contributed by atoms with Crippen LogP contribution in [0.15, 0.2) is 30.3 Å². The molecule has 0 unspecified atom stereocenters. The fourth-order valence-electron chi connectivity index (χ4n) is 2.48. The molecule has 3 rings (SSSR count). The maximum absolute atomic E-state index is 5.47. The third-order valence-electron chi connectivity index (χ3n) is 3.45. The van der Waals surface area contributed by atoms with Gasteiger partial charge in [0.1, 0.15) is 5.75 Å². The van der Waals surface area contributed by atoms with E-state index in [0.29, 0.717) is 6.61 Å². The second-order valence-electron chi connectivity index (χ2n) is 4.75. The summed E-state index contributed by atoms with van der Waals surface area (Å²) in [5.74, 6) is 0.886. The molecule has 0 bridgehead atoms. The fraction of sp³-hybridized carbons (Fsp3) is 0.312. The van der Waals surface area contributed by atoms with Crippen LogP contribution < -0.4 is 4.74 Å². The molecule has 0 spiro atoms. The highest BCUT2D eigenvalue weighted by molar-refractivity contribution is 5.88. The van der Waals surface area contributed by atoms with E-state index in [1.54, 1.807) is 7.11 Å². The van der Waals surface area contributed by atoms with E-state index in [2.05, 4.69) is 29.3 Å². The Balaban J connectivity index is 2.14. The highest BCUT2D eigenvalue weighted by Crippen LogP contribution is 2.30. The van der Waals surface area contributed by atoms with Gasteiger partial charge in [0, 0.05) is 17.1 Å². The number of hydrogen-bond donors (Lipinski definition) is 0. The Kier molecular flexibility index (Phi) is 3.22. The van der Waals surface area contributed by atoms with Crippen molar-refractivity contribution in [3.63, 3.8) is 0 Å². The van der Waals surface area contributed by atoms with Gasteiger partial charge in [0.25, 0.3) is 0 Å². The molecule has 1 aliphatic heterocycles. The van der Waals surface area contributed by atoms with Crippen LogP contribution in [-0.4, -0.2) is 25.3 Å². The number of benzene rings is 1. The summed E-state index contributed by atoms with van der Waals surface area (Å²) in [5, 5.41) is 1.07. The summed E-state index contributed by atoms with van der Waals surface area (Å²) in [7, 11) is 1.70. The van der Waals surface area contributed by atoms with Gasteiger partial charge in [-0.15, -0.1) is 0 Å². The lowest BCUT2D eigenvalue weighted by atomic mass is 9.99. The molecule has 1 aliphatic rings. The number of fused-ring (bicyclic) bond motifs is 1. The smallest absolute Gasteiger partial charge is 0.130 e. The average Bonchev–Trinajstić information content (AvgIpc) is 2.46. The molecule has 2 heterocycles. The number of aryl methyl sites for hydroxylation is 1. The van der Waals surface area contributed by atoms with E-state index in [4.69, 9.17) is 9.47 Å². The van der Waals surface area contributed by atoms with Crippen molar-refractivity contribution in [2.24, 2.45) is 0 Å². The Labute approximate surface area is 112 Å². The largest absolute Gasteiger partial charge is 0.496 e. The number of nitrogens with zero attached hydrogens (tertiary/aromatic N) is 1. The summed E-state index contributed by atoms with van der Waals surface area (Å²) >= 11 is 0. The molecule has 3 heteroatoms. The van der Waals surface area contributed by atoms with Crippen molar-refractivity contribution in [2.45, 2.75) is 13.3 Å². The first-order chi connectivity index (χ1) is 9.28. The van der Waals surface area contributed by atoms with Crippen molar-refractivity contribution < 1.29 is 9.47 Å². The van der Waals surface area contributed by atoms with Gasteiger partial charge >= 0.3 is 0 Å². The van der Waals surface area contributed by atoms with Crippen LogP contribution in [0, 0.1) is 6.92 Å². The second kappa shape index (κ2) is 5.02. The van der Waals surface area contributed by atoms with E-state index < -0.39 is 0 Å². The Hall–Kier alpha value is -1.87. The van der Waals surface area contributed by atoms with Crippen molar-refractivity contribution >= 4 is 16.5 Å². The normalized spacial score (nSPS) is 15.4. The van der Waals surface area contributed by atoms with Crippen molar-refractivity contribution in [1.82, 2.24) is 4.98 Å². The summed E-state index contributed by atoms with van der Waals surface area (Å²) in [6, 6.07) is 8.34. The monoisotopic (exact) mass is 255 g/mol. The van der Waals surface area contributed by atoms with Gasteiger partial charge in [-0.05, 0) is 36.6 Å². The minimum absolute atomic E-state index is 0.705. The molecule has 0 saturated heterocycles. The van der Waals surface area contributed by atoms with E-state index in [1.165, 1.54) is 11.1 Å². The van der Waals surface area contributed by atoms with Crippen LogP contribution in [0.3, 0.4) is 0 Å². The van der Waals surface area contributed by atoms with E-state index in [1.807, 2.05) is 13.0 Å². The first-order valence-electron chi connectivity index (χ1n) is 6.50. The first-order valence-corrected chi connectivity index (χ1v) is 6.50. The third kappa shape index (κ3) is 2.34. The molecule has 0 saturated carbocycles. The number of aromatic nitrogens is 1. The molecule has 0 radical (unpaired) electrons. The standard InChI is InChI=1S/C16H17NO2/c1-11-9-16(18-2)14-10-13(3-4-15(14)17-11)12-5-7-19-8-6-12/h3-5,9-10H,6-8H2,1-2H3. The molecule has 19 heavy (non-hydrogen) atoms. The topological polar surface area (TPSA) is 31.4 Å². The van der Waals surface area contributed by atoms with Gasteiger partial charge in [-0.25, -0.2) is 0 Å². The SMILES string of the molecule is COc1cc(C)nc2ccc(C3=CCOCC3)cc12. The predicted molar refractivity (Wildman–Crippen MR) is 76.4 cm³/mol. The maximum atomic E-state index is 5.47. The van der Waals surface area contributed by atoms with E-state index in [0.717, 1.165) is 35.4 Å². The Bertz CT molecular complexity index is 646. The molecule has 0 N–H and O–H groups in total. The summed E-state index contributed by atoms with van der Waals surface area (Å²) in [4.78, 5) is 4.55.